The predicted molar refractivity (Wildman–Crippen MR) is 110 cm³/mol. The molecule has 1 saturated heterocycles. The third-order valence-corrected chi connectivity index (χ3v) is 5.48. The highest BCUT2D eigenvalue weighted by atomic mass is 16.5. The number of carbonyl (C=O) groups is 1. The minimum absolute atomic E-state index is 0.150. The average molecular weight is 376 g/mol. The normalized spacial score (nSPS) is 22.1. The maximum Gasteiger partial charge on any atom is 0.251 e. The van der Waals surface area contributed by atoms with E-state index in [0.29, 0.717) is 12.2 Å². The van der Waals surface area contributed by atoms with E-state index in [4.69, 9.17) is 4.74 Å². The second kappa shape index (κ2) is 12.9. The summed E-state index contributed by atoms with van der Waals surface area (Å²) in [5.74, 6) is -0.150. The summed E-state index contributed by atoms with van der Waals surface area (Å²) in [5.41, 5.74) is 0.614. The molecule has 0 saturated carbocycles. The molecule has 1 aliphatic heterocycles. The van der Waals surface area contributed by atoms with Crippen LogP contribution in [0.15, 0.2) is 30.3 Å². The van der Waals surface area contributed by atoms with Crippen LogP contribution in [0.1, 0.15) is 87.9 Å². The number of amides is 1. The second-order valence-corrected chi connectivity index (χ2v) is 7.78. The number of hydrogen-bond acceptors (Lipinski definition) is 3. The smallest absolute Gasteiger partial charge is 0.251 e. The monoisotopic (exact) mass is 375 g/mol. The molecule has 2 N–H and O–H groups in total. The van der Waals surface area contributed by atoms with Gasteiger partial charge in [-0.15, -0.1) is 0 Å². The minimum atomic E-state index is -0.615. The highest BCUT2D eigenvalue weighted by Crippen LogP contribution is 2.21. The lowest BCUT2D eigenvalue weighted by Gasteiger charge is -2.18. The van der Waals surface area contributed by atoms with Crippen LogP contribution in [0.4, 0.5) is 0 Å². The van der Waals surface area contributed by atoms with Gasteiger partial charge in [-0.1, -0.05) is 89.3 Å². The van der Waals surface area contributed by atoms with E-state index in [0.717, 1.165) is 12.8 Å². The van der Waals surface area contributed by atoms with E-state index < -0.39 is 6.10 Å². The first kappa shape index (κ1) is 21.9. The molecule has 4 heteroatoms. The zero-order valence-corrected chi connectivity index (χ0v) is 16.9. The van der Waals surface area contributed by atoms with E-state index >= 15 is 0 Å². The fraction of sp³-hybridized carbons (Fsp3) is 0.696. The molecule has 1 aromatic rings. The molecule has 0 bridgehead atoms. The number of nitrogens with one attached hydrogen (secondary N) is 1. The molecule has 1 fully saturated rings. The van der Waals surface area contributed by atoms with Crippen molar-refractivity contribution in [2.75, 3.05) is 6.61 Å². The van der Waals surface area contributed by atoms with Gasteiger partial charge in [-0.3, -0.25) is 4.79 Å². The van der Waals surface area contributed by atoms with Gasteiger partial charge in [-0.25, -0.2) is 0 Å². The summed E-state index contributed by atoms with van der Waals surface area (Å²) in [6, 6.07) is 8.80. The van der Waals surface area contributed by atoms with E-state index in [9.17, 15) is 9.90 Å². The maximum atomic E-state index is 12.2. The molecular weight excluding hydrogens is 338 g/mol. The Labute approximate surface area is 164 Å². The second-order valence-electron chi connectivity index (χ2n) is 7.78. The number of unbranched alkanes of at least 4 members (excludes halogenated alkanes) is 9. The molecule has 3 atom stereocenters. The molecule has 0 aliphatic carbocycles. The van der Waals surface area contributed by atoms with Crippen LogP contribution in [0, 0.1) is 0 Å². The van der Waals surface area contributed by atoms with Crippen molar-refractivity contribution < 1.29 is 14.6 Å². The Kier molecular flexibility index (Phi) is 10.5. The summed E-state index contributed by atoms with van der Waals surface area (Å²) in [5, 5.41) is 13.3. The van der Waals surface area contributed by atoms with Crippen molar-refractivity contribution in [3.63, 3.8) is 0 Å². The number of carbonyl (C=O) groups excluding carboxylic acids is 1. The summed E-state index contributed by atoms with van der Waals surface area (Å²) in [6.07, 6.45) is 13.1. The molecule has 152 valence electrons. The summed E-state index contributed by atoms with van der Waals surface area (Å²) < 4.78 is 5.73. The number of aliphatic hydroxyl groups is 1. The predicted octanol–water partition coefficient (Wildman–Crippen LogP) is 4.86. The topological polar surface area (TPSA) is 58.6 Å². The van der Waals surface area contributed by atoms with Gasteiger partial charge >= 0.3 is 0 Å². The van der Waals surface area contributed by atoms with Gasteiger partial charge in [-0.05, 0) is 18.6 Å². The van der Waals surface area contributed by atoms with Crippen LogP contribution in [0.3, 0.4) is 0 Å². The fourth-order valence-corrected chi connectivity index (χ4v) is 3.74. The van der Waals surface area contributed by atoms with Gasteiger partial charge in [0.25, 0.3) is 5.91 Å². The lowest BCUT2D eigenvalue weighted by Crippen LogP contribution is -2.44. The Balaban J connectivity index is 1.54. The number of hydrogen-bond donors (Lipinski definition) is 2. The largest absolute Gasteiger partial charge is 0.388 e. The van der Waals surface area contributed by atoms with Crippen molar-refractivity contribution in [1.82, 2.24) is 5.32 Å². The van der Waals surface area contributed by atoms with Crippen molar-refractivity contribution in [3.05, 3.63) is 35.9 Å². The Morgan fingerprint density at radius 3 is 2.22 bits per heavy atom. The molecule has 4 nitrogen and oxygen atoms in total. The Hall–Kier alpha value is -1.39. The molecular formula is C23H37NO3. The first-order valence-electron chi connectivity index (χ1n) is 10.9. The summed E-state index contributed by atoms with van der Waals surface area (Å²) >= 11 is 0. The third kappa shape index (κ3) is 8.02. The van der Waals surface area contributed by atoms with Crippen LogP contribution in [0.2, 0.25) is 0 Å². The van der Waals surface area contributed by atoms with Gasteiger partial charge < -0.3 is 15.2 Å². The zero-order chi connectivity index (χ0) is 19.3. The number of rotatable bonds is 13. The summed E-state index contributed by atoms with van der Waals surface area (Å²) in [4.78, 5) is 12.2. The molecule has 0 aromatic heterocycles. The van der Waals surface area contributed by atoms with Crippen molar-refractivity contribution in [2.24, 2.45) is 0 Å². The maximum absolute atomic E-state index is 12.2. The van der Waals surface area contributed by atoms with Crippen LogP contribution in [0.25, 0.3) is 0 Å². The third-order valence-electron chi connectivity index (χ3n) is 5.48. The molecule has 1 aromatic carbocycles. The zero-order valence-electron chi connectivity index (χ0n) is 16.9. The van der Waals surface area contributed by atoms with Gasteiger partial charge in [0.15, 0.2) is 0 Å². The molecule has 2 rings (SSSR count). The SMILES string of the molecule is CCCCCCCCCCCCC1OCC(NC(=O)c2ccccc2)C1O. The van der Waals surface area contributed by atoms with E-state index in [-0.39, 0.29) is 18.1 Å². The standard InChI is InChI=1S/C23H37NO3/c1-2-3-4-5-6-7-8-9-10-14-17-21-22(25)20(18-27-21)24-23(26)19-15-12-11-13-16-19/h11-13,15-16,20-22,25H,2-10,14,17-18H2,1H3,(H,24,26). The van der Waals surface area contributed by atoms with Crippen molar-refractivity contribution in [3.8, 4) is 0 Å². The molecule has 3 unspecified atom stereocenters. The Morgan fingerprint density at radius 1 is 1.00 bits per heavy atom. The first-order valence-corrected chi connectivity index (χ1v) is 10.9. The fourth-order valence-electron chi connectivity index (χ4n) is 3.74. The van der Waals surface area contributed by atoms with Crippen LogP contribution < -0.4 is 5.32 Å². The number of aliphatic hydroxyl groups excluding tert-OH is 1. The highest BCUT2D eigenvalue weighted by molar-refractivity contribution is 5.94. The van der Waals surface area contributed by atoms with E-state index in [2.05, 4.69) is 12.2 Å². The van der Waals surface area contributed by atoms with Gasteiger partial charge in [0.1, 0.15) is 6.10 Å². The number of benzene rings is 1. The lowest BCUT2D eigenvalue weighted by atomic mass is 10.0. The minimum Gasteiger partial charge on any atom is -0.388 e. The molecule has 0 radical (unpaired) electrons. The first-order chi connectivity index (χ1) is 13.2. The van der Waals surface area contributed by atoms with E-state index in [1.807, 2.05) is 18.2 Å². The van der Waals surface area contributed by atoms with Crippen molar-refractivity contribution in [1.29, 1.82) is 0 Å². The van der Waals surface area contributed by atoms with E-state index in [1.165, 1.54) is 57.8 Å². The molecule has 1 amide bonds. The van der Waals surface area contributed by atoms with Crippen LogP contribution in [-0.4, -0.2) is 35.9 Å². The molecule has 1 heterocycles. The summed E-state index contributed by atoms with van der Waals surface area (Å²) in [6.45, 7) is 2.65. The van der Waals surface area contributed by atoms with Gasteiger partial charge in [-0.2, -0.15) is 0 Å². The van der Waals surface area contributed by atoms with Crippen molar-refractivity contribution in [2.45, 2.75) is 95.8 Å². The number of ether oxygens (including phenoxy) is 1. The molecule has 27 heavy (non-hydrogen) atoms. The Bertz CT molecular complexity index is 520. The molecule has 0 spiro atoms. The lowest BCUT2D eigenvalue weighted by molar-refractivity contribution is 0.0333. The van der Waals surface area contributed by atoms with Crippen molar-refractivity contribution >= 4 is 5.91 Å². The van der Waals surface area contributed by atoms with Crippen LogP contribution in [0.5, 0.6) is 0 Å². The van der Waals surface area contributed by atoms with Gasteiger partial charge in [0.2, 0.25) is 0 Å². The van der Waals surface area contributed by atoms with Crippen LogP contribution in [-0.2, 0) is 4.74 Å². The summed E-state index contributed by atoms with van der Waals surface area (Å²) in [7, 11) is 0. The van der Waals surface area contributed by atoms with Gasteiger partial charge in [0, 0.05) is 5.56 Å². The van der Waals surface area contributed by atoms with E-state index in [1.54, 1.807) is 12.1 Å². The molecule has 1 aliphatic rings. The highest BCUT2D eigenvalue weighted by Gasteiger charge is 2.36. The Morgan fingerprint density at radius 2 is 1.59 bits per heavy atom. The van der Waals surface area contributed by atoms with Gasteiger partial charge in [0.05, 0.1) is 18.8 Å². The quantitative estimate of drug-likeness (QED) is 0.484. The average Bonchev–Trinajstić information content (AvgIpc) is 3.03. The van der Waals surface area contributed by atoms with Crippen LogP contribution >= 0.6 is 0 Å².